The van der Waals surface area contributed by atoms with Gasteiger partial charge in [-0.15, -0.1) is 0 Å². The van der Waals surface area contributed by atoms with Crippen LogP contribution in [0.25, 0.3) is 5.65 Å². The van der Waals surface area contributed by atoms with E-state index in [4.69, 9.17) is 4.74 Å². The Kier molecular flexibility index (Phi) is 3.48. The number of ether oxygens (including phenoxy) is 1. The smallest absolute Gasteiger partial charge is 0.155 e. The third kappa shape index (κ3) is 2.80. The maximum Gasteiger partial charge on any atom is 0.155 e. The molecule has 0 aliphatic carbocycles. The number of rotatable bonds is 4. The number of benzene rings is 1. The van der Waals surface area contributed by atoms with Gasteiger partial charge >= 0.3 is 0 Å². The molecule has 0 N–H and O–H groups in total. The van der Waals surface area contributed by atoms with Crippen LogP contribution in [-0.2, 0) is 6.54 Å². The molecule has 2 aromatic heterocycles. The molecule has 3 aromatic rings. The third-order valence-corrected chi connectivity index (χ3v) is 4.03. The van der Waals surface area contributed by atoms with Crippen molar-refractivity contribution in [3.05, 3.63) is 60.6 Å². The molecule has 1 aliphatic heterocycles. The fourth-order valence-electron chi connectivity index (χ4n) is 2.94. The molecular formula is C17H18N4O. The molecule has 4 rings (SSSR count). The van der Waals surface area contributed by atoms with Crippen LogP contribution in [0.4, 0.5) is 0 Å². The largest absolute Gasteiger partial charge is 0.489 e. The summed E-state index contributed by atoms with van der Waals surface area (Å²) < 4.78 is 7.82. The van der Waals surface area contributed by atoms with Gasteiger partial charge in [0.05, 0.1) is 0 Å². The first-order chi connectivity index (χ1) is 10.9. The highest BCUT2D eigenvalue weighted by molar-refractivity contribution is 5.39. The van der Waals surface area contributed by atoms with Crippen molar-refractivity contribution >= 4 is 5.65 Å². The Balaban J connectivity index is 1.38. The van der Waals surface area contributed by atoms with Gasteiger partial charge in [-0.2, -0.15) is 5.10 Å². The van der Waals surface area contributed by atoms with Crippen molar-refractivity contribution < 1.29 is 4.74 Å². The van der Waals surface area contributed by atoms with Crippen molar-refractivity contribution in [3.63, 3.8) is 0 Å². The van der Waals surface area contributed by atoms with E-state index in [1.807, 2.05) is 36.5 Å². The Hall–Kier alpha value is -2.40. The van der Waals surface area contributed by atoms with Gasteiger partial charge in [0.1, 0.15) is 18.2 Å². The molecule has 1 aromatic carbocycles. The van der Waals surface area contributed by atoms with Crippen molar-refractivity contribution in [3.8, 4) is 5.75 Å². The fraction of sp³-hybridized carbons (Fsp3) is 0.294. The lowest BCUT2D eigenvalue weighted by atomic mass is 10.2. The van der Waals surface area contributed by atoms with Crippen LogP contribution in [0.5, 0.6) is 5.75 Å². The van der Waals surface area contributed by atoms with E-state index in [0.29, 0.717) is 0 Å². The number of likely N-dealkylation sites (tertiary alicyclic amines) is 1. The Bertz CT molecular complexity index is 755. The second kappa shape index (κ2) is 5.77. The standard InChI is InChI=1S/C17H18N4O/c1-2-4-15(5-3-1)22-16-7-8-20(12-16)11-14-6-9-21-17(10-14)18-13-19-21/h1-6,9-10,13,16H,7-8,11-12H2/t16-/m1/s1. The predicted octanol–water partition coefficient (Wildman–Crippen LogP) is 2.38. The normalized spacial score (nSPS) is 18.8. The first-order valence-corrected chi connectivity index (χ1v) is 7.59. The minimum absolute atomic E-state index is 0.277. The number of hydrogen-bond donors (Lipinski definition) is 0. The van der Waals surface area contributed by atoms with Crippen molar-refractivity contribution in [2.24, 2.45) is 0 Å². The number of aromatic nitrogens is 3. The quantitative estimate of drug-likeness (QED) is 0.741. The summed E-state index contributed by atoms with van der Waals surface area (Å²) in [7, 11) is 0. The molecule has 1 aliphatic rings. The summed E-state index contributed by atoms with van der Waals surface area (Å²) in [5.74, 6) is 0.958. The summed E-state index contributed by atoms with van der Waals surface area (Å²) in [5.41, 5.74) is 2.16. The van der Waals surface area contributed by atoms with E-state index in [-0.39, 0.29) is 6.10 Å². The molecule has 1 saturated heterocycles. The minimum Gasteiger partial charge on any atom is -0.489 e. The molecule has 1 fully saturated rings. The molecule has 0 amide bonds. The minimum atomic E-state index is 0.277. The molecule has 112 valence electrons. The number of hydrogen-bond acceptors (Lipinski definition) is 4. The van der Waals surface area contributed by atoms with Crippen LogP contribution < -0.4 is 4.74 Å². The van der Waals surface area contributed by atoms with Gasteiger partial charge in [0.25, 0.3) is 0 Å². The molecule has 0 saturated carbocycles. The molecule has 0 bridgehead atoms. The van der Waals surface area contributed by atoms with Gasteiger partial charge in [-0.25, -0.2) is 9.50 Å². The number of para-hydroxylation sites is 1. The van der Waals surface area contributed by atoms with Crippen molar-refractivity contribution in [1.82, 2.24) is 19.5 Å². The highest BCUT2D eigenvalue weighted by Crippen LogP contribution is 2.19. The summed E-state index contributed by atoms with van der Waals surface area (Å²) in [6.07, 6.45) is 4.89. The van der Waals surface area contributed by atoms with Crippen LogP contribution in [0.3, 0.4) is 0 Å². The SMILES string of the molecule is c1ccc(O[C@@H]2CCN(Cc3ccn4ncnc4c3)C2)cc1. The van der Waals surface area contributed by atoms with Gasteiger partial charge in [0.15, 0.2) is 5.65 Å². The van der Waals surface area contributed by atoms with Gasteiger partial charge in [-0.1, -0.05) is 18.2 Å². The summed E-state index contributed by atoms with van der Waals surface area (Å²) in [4.78, 5) is 6.66. The fourth-order valence-corrected chi connectivity index (χ4v) is 2.94. The number of nitrogens with zero attached hydrogens (tertiary/aromatic N) is 4. The highest BCUT2D eigenvalue weighted by Gasteiger charge is 2.24. The monoisotopic (exact) mass is 294 g/mol. The second-order valence-electron chi connectivity index (χ2n) is 5.67. The molecule has 5 heteroatoms. The molecule has 3 heterocycles. The summed E-state index contributed by atoms with van der Waals surface area (Å²) in [6, 6.07) is 14.3. The lowest BCUT2D eigenvalue weighted by molar-refractivity contribution is 0.198. The average molecular weight is 294 g/mol. The molecule has 22 heavy (non-hydrogen) atoms. The Morgan fingerprint density at radius 3 is 3.00 bits per heavy atom. The molecule has 0 spiro atoms. The van der Waals surface area contributed by atoms with E-state index < -0.39 is 0 Å². The van der Waals surface area contributed by atoms with Crippen LogP contribution >= 0.6 is 0 Å². The second-order valence-corrected chi connectivity index (χ2v) is 5.67. The van der Waals surface area contributed by atoms with Crippen molar-refractivity contribution in [2.75, 3.05) is 13.1 Å². The molecule has 1 atom stereocenters. The average Bonchev–Trinajstić information content (AvgIpc) is 3.17. The molecule has 5 nitrogen and oxygen atoms in total. The van der Waals surface area contributed by atoms with Crippen LogP contribution in [-0.4, -0.2) is 38.7 Å². The van der Waals surface area contributed by atoms with E-state index >= 15 is 0 Å². The summed E-state index contributed by atoms with van der Waals surface area (Å²) in [6.45, 7) is 2.96. The lowest BCUT2D eigenvalue weighted by Crippen LogP contribution is -2.24. The predicted molar refractivity (Wildman–Crippen MR) is 83.7 cm³/mol. The third-order valence-electron chi connectivity index (χ3n) is 4.03. The molecular weight excluding hydrogens is 276 g/mol. The number of fused-ring (bicyclic) bond motifs is 1. The Morgan fingerprint density at radius 1 is 1.18 bits per heavy atom. The van der Waals surface area contributed by atoms with E-state index in [0.717, 1.165) is 37.5 Å². The van der Waals surface area contributed by atoms with E-state index in [1.54, 1.807) is 10.8 Å². The van der Waals surface area contributed by atoms with Crippen LogP contribution in [0.2, 0.25) is 0 Å². The van der Waals surface area contributed by atoms with Crippen molar-refractivity contribution in [1.29, 1.82) is 0 Å². The zero-order valence-electron chi connectivity index (χ0n) is 12.3. The Morgan fingerprint density at radius 2 is 2.09 bits per heavy atom. The van der Waals surface area contributed by atoms with E-state index in [1.165, 1.54) is 5.56 Å². The summed E-state index contributed by atoms with van der Waals surface area (Å²) >= 11 is 0. The maximum atomic E-state index is 6.03. The van der Waals surface area contributed by atoms with Gasteiger partial charge in [-0.3, -0.25) is 4.90 Å². The topological polar surface area (TPSA) is 42.7 Å². The molecule has 0 radical (unpaired) electrons. The first kappa shape index (κ1) is 13.3. The summed E-state index contributed by atoms with van der Waals surface area (Å²) in [5, 5.41) is 4.12. The van der Waals surface area contributed by atoms with Gasteiger partial charge < -0.3 is 4.74 Å². The zero-order valence-corrected chi connectivity index (χ0v) is 12.3. The lowest BCUT2D eigenvalue weighted by Gasteiger charge is -2.17. The van der Waals surface area contributed by atoms with E-state index in [9.17, 15) is 0 Å². The highest BCUT2D eigenvalue weighted by atomic mass is 16.5. The maximum absolute atomic E-state index is 6.03. The van der Waals surface area contributed by atoms with Crippen LogP contribution in [0.15, 0.2) is 55.0 Å². The van der Waals surface area contributed by atoms with Crippen LogP contribution in [0.1, 0.15) is 12.0 Å². The van der Waals surface area contributed by atoms with Crippen LogP contribution in [0, 0.1) is 0 Å². The number of pyridine rings is 1. The van der Waals surface area contributed by atoms with Gasteiger partial charge in [-0.05, 0) is 36.2 Å². The van der Waals surface area contributed by atoms with Crippen molar-refractivity contribution in [2.45, 2.75) is 19.1 Å². The van der Waals surface area contributed by atoms with Gasteiger partial charge in [0, 0.05) is 25.8 Å². The zero-order chi connectivity index (χ0) is 14.8. The van der Waals surface area contributed by atoms with E-state index in [2.05, 4.69) is 27.1 Å². The Labute approximate surface area is 129 Å². The molecule has 0 unspecified atom stereocenters. The first-order valence-electron chi connectivity index (χ1n) is 7.59. The van der Waals surface area contributed by atoms with Gasteiger partial charge in [0.2, 0.25) is 0 Å².